The lowest BCUT2D eigenvalue weighted by Gasteiger charge is -2.13. The number of nitrogens with two attached hydrogens (primary N) is 1. The Kier molecular flexibility index (Phi) is 5.98. The van der Waals surface area contributed by atoms with E-state index in [-0.39, 0.29) is 36.2 Å². The summed E-state index contributed by atoms with van der Waals surface area (Å²) in [6, 6.07) is 7.10. The first-order chi connectivity index (χ1) is 9.11. The minimum absolute atomic E-state index is 0. The van der Waals surface area contributed by atoms with Gasteiger partial charge in [0.1, 0.15) is 0 Å². The van der Waals surface area contributed by atoms with Crippen molar-refractivity contribution in [2.75, 3.05) is 12.4 Å². The summed E-state index contributed by atoms with van der Waals surface area (Å²) < 4.78 is 0. The third-order valence-corrected chi connectivity index (χ3v) is 3.50. The number of halogens is 1. The molecule has 0 radical (unpaired) electrons. The van der Waals surface area contributed by atoms with Crippen molar-refractivity contribution in [3.05, 3.63) is 29.8 Å². The van der Waals surface area contributed by atoms with Crippen molar-refractivity contribution >= 4 is 29.9 Å². The number of carbonyl (C=O) groups excluding carboxylic acids is 2. The molecule has 1 aliphatic carbocycles. The summed E-state index contributed by atoms with van der Waals surface area (Å²) in [5.41, 5.74) is 6.83. The second kappa shape index (κ2) is 7.26. The second-order valence-electron chi connectivity index (χ2n) is 4.88. The molecule has 1 aromatic carbocycles. The average Bonchev–Trinajstić information content (AvgIpc) is 2.85. The van der Waals surface area contributed by atoms with Crippen LogP contribution in [0.4, 0.5) is 5.69 Å². The molecule has 1 saturated carbocycles. The monoisotopic (exact) mass is 297 g/mol. The van der Waals surface area contributed by atoms with Gasteiger partial charge in [-0.05, 0) is 31.4 Å². The Labute approximate surface area is 124 Å². The van der Waals surface area contributed by atoms with Crippen LogP contribution in [0.3, 0.4) is 0 Å². The Hall–Kier alpha value is -1.59. The van der Waals surface area contributed by atoms with Gasteiger partial charge in [0, 0.05) is 19.0 Å². The van der Waals surface area contributed by atoms with Crippen LogP contribution in [-0.4, -0.2) is 24.9 Å². The van der Waals surface area contributed by atoms with E-state index in [1.807, 2.05) is 0 Å². The molecular formula is C14H20ClN3O2. The van der Waals surface area contributed by atoms with Gasteiger partial charge in [-0.2, -0.15) is 0 Å². The summed E-state index contributed by atoms with van der Waals surface area (Å²) in [5, 5.41) is 5.39. The first-order valence-corrected chi connectivity index (χ1v) is 6.49. The number of para-hydroxylation sites is 1. The van der Waals surface area contributed by atoms with Crippen LogP contribution in [-0.2, 0) is 4.79 Å². The molecule has 110 valence electrons. The summed E-state index contributed by atoms with van der Waals surface area (Å²) in [6.45, 7) is 0. The number of nitrogens with one attached hydrogen (secondary N) is 2. The smallest absolute Gasteiger partial charge is 0.253 e. The van der Waals surface area contributed by atoms with Gasteiger partial charge in [0.05, 0.1) is 11.3 Å². The predicted octanol–water partition coefficient (Wildman–Crippen LogP) is 1.53. The van der Waals surface area contributed by atoms with Crippen LogP contribution in [0.5, 0.6) is 0 Å². The molecule has 4 N–H and O–H groups in total. The van der Waals surface area contributed by atoms with E-state index >= 15 is 0 Å². The molecule has 20 heavy (non-hydrogen) atoms. The standard InChI is InChI=1S/C14H19N3O2.ClH/c1-16-14(19)11-4-2-3-5-12(11)17-13(18)9-6-7-10(15)8-9;/h2-5,9-10H,6-8,15H2,1H3,(H,16,19)(H,17,18);1H. The van der Waals surface area contributed by atoms with Crippen molar-refractivity contribution in [2.45, 2.75) is 25.3 Å². The Morgan fingerprint density at radius 1 is 1.25 bits per heavy atom. The molecule has 0 saturated heterocycles. The van der Waals surface area contributed by atoms with E-state index < -0.39 is 0 Å². The minimum atomic E-state index is -0.209. The molecule has 0 spiro atoms. The van der Waals surface area contributed by atoms with Crippen molar-refractivity contribution in [1.29, 1.82) is 0 Å². The lowest BCUT2D eigenvalue weighted by atomic mass is 10.1. The van der Waals surface area contributed by atoms with Gasteiger partial charge in [-0.15, -0.1) is 12.4 Å². The highest BCUT2D eigenvalue weighted by Gasteiger charge is 2.28. The summed E-state index contributed by atoms with van der Waals surface area (Å²) in [5.74, 6) is -0.309. The first-order valence-electron chi connectivity index (χ1n) is 6.49. The molecule has 0 bridgehead atoms. The first kappa shape index (κ1) is 16.5. The van der Waals surface area contributed by atoms with E-state index in [0.29, 0.717) is 17.7 Å². The summed E-state index contributed by atoms with van der Waals surface area (Å²) in [7, 11) is 1.57. The fourth-order valence-corrected chi connectivity index (χ4v) is 2.41. The third-order valence-electron chi connectivity index (χ3n) is 3.50. The van der Waals surface area contributed by atoms with Gasteiger partial charge in [-0.3, -0.25) is 9.59 Å². The third kappa shape index (κ3) is 3.71. The number of amides is 2. The van der Waals surface area contributed by atoms with Gasteiger partial charge >= 0.3 is 0 Å². The van der Waals surface area contributed by atoms with Crippen molar-refractivity contribution in [3.8, 4) is 0 Å². The Balaban J connectivity index is 0.00000200. The molecule has 1 aliphatic rings. The molecule has 2 rings (SSSR count). The van der Waals surface area contributed by atoms with Crippen LogP contribution in [0.2, 0.25) is 0 Å². The fourth-order valence-electron chi connectivity index (χ4n) is 2.41. The van der Waals surface area contributed by atoms with E-state index in [9.17, 15) is 9.59 Å². The van der Waals surface area contributed by atoms with Gasteiger partial charge in [0.2, 0.25) is 5.91 Å². The van der Waals surface area contributed by atoms with Crippen LogP contribution < -0.4 is 16.4 Å². The number of hydrogen-bond acceptors (Lipinski definition) is 3. The van der Waals surface area contributed by atoms with E-state index in [2.05, 4.69) is 10.6 Å². The molecule has 0 aromatic heterocycles. The maximum absolute atomic E-state index is 12.1. The average molecular weight is 298 g/mol. The van der Waals surface area contributed by atoms with E-state index in [0.717, 1.165) is 12.8 Å². The van der Waals surface area contributed by atoms with Crippen LogP contribution >= 0.6 is 12.4 Å². The summed E-state index contributed by atoms with van der Waals surface area (Å²) in [4.78, 5) is 23.8. The zero-order valence-electron chi connectivity index (χ0n) is 11.4. The Morgan fingerprint density at radius 3 is 2.55 bits per heavy atom. The molecule has 1 fully saturated rings. The molecule has 6 heteroatoms. The maximum atomic E-state index is 12.1. The Bertz CT molecular complexity index is 493. The molecule has 1 aromatic rings. The zero-order chi connectivity index (χ0) is 13.8. The lowest BCUT2D eigenvalue weighted by molar-refractivity contribution is -0.119. The SMILES string of the molecule is CNC(=O)c1ccccc1NC(=O)C1CCC(N)C1.Cl. The van der Waals surface area contributed by atoms with E-state index in [4.69, 9.17) is 5.73 Å². The number of hydrogen-bond donors (Lipinski definition) is 3. The van der Waals surface area contributed by atoms with Crippen molar-refractivity contribution < 1.29 is 9.59 Å². The van der Waals surface area contributed by atoms with Gasteiger partial charge in [0.25, 0.3) is 5.91 Å². The number of carbonyl (C=O) groups is 2. The highest BCUT2D eigenvalue weighted by Crippen LogP contribution is 2.26. The zero-order valence-corrected chi connectivity index (χ0v) is 12.2. The molecule has 2 unspecified atom stereocenters. The van der Waals surface area contributed by atoms with Crippen LogP contribution in [0.1, 0.15) is 29.6 Å². The summed E-state index contributed by atoms with van der Waals surface area (Å²) >= 11 is 0. The van der Waals surface area contributed by atoms with Gasteiger partial charge in [-0.25, -0.2) is 0 Å². The quantitative estimate of drug-likeness (QED) is 0.791. The van der Waals surface area contributed by atoms with E-state index in [1.54, 1.807) is 31.3 Å². The normalized spacial score (nSPS) is 20.9. The molecule has 2 atom stereocenters. The van der Waals surface area contributed by atoms with Gasteiger partial charge in [-0.1, -0.05) is 12.1 Å². The van der Waals surface area contributed by atoms with Gasteiger partial charge in [0.15, 0.2) is 0 Å². The van der Waals surface area contributed by atoms with Crippen LogP contribution in [0.15, 0.2) is 24.3 Å². The highest BCUT2D eigenvalue weighted by molar-refractivity contribution is 6.04. The van der Waals surface area contributed by atoms with Crippen molar-refractivity contribution in [3.63, 3.8) is 0 Å². The maximum Gasteiger partial charge on any atom is 0.253 e. The largest absolute Gasteiger partial charge is 0.355 e. The van der Waals surface area contributed by atoms with Crippen LogP contribution in [0, 0.1) is 5.92 Å². The van der Waals surface area contributed by atoms with Crippen LogP contribution in [0.25, 0.3) is 0 Å². The second-order valence-corrected chi connectivity index (χ2v) is 4.88. The number of rotatable bonds is 3. The molecule has 0 heterocycles. The van der Waals surface area contributed by atoms with Gasteiger partial charge < -0.3 is 16.4 Å². The topological polar surface area (TPSA) is 84.2 Å². The van der Waals surface area contributed by atoms with Crippen molar-refractivity contribution in [1.82, 2.24) is 5.32 Å². The number of anilines is 1. The van der Waals surface area contributed by atoms with E-state index in [1.165, 1.54) is 0 Å². The molecule has 0 aliphatic heterocycles. The minimum Gasteiger partial charge on any atom is -0.355 e. The highest BCUT2D eigenvalue weighted by atomic mass is 35.5. The molecule has 2 amide bonds. The number of benzene rings is 1. The fraction of sp³-hybridized carbons (Fsp3) is 0.429. The lowest BCUT2D eigenvalue weighted by Crippen LogP contribution is -2.25. The Morgan fingerprint density at radius 2 is 1.95 bits per heavy atom. The molecule has 5 nitrogen and oxygen atoms in total. The van der Waals surface area contributed by atoms with Crippen molar-refractivity contribution in [2.24, 2.45) is 11.7 Å². The summed E-state index contributed by atoms with van der Waals surface area (Å²) in [6.07, 6.45) is 2.41. The molecular weight excluding hydrogens is 278 g/mol. The predicted molar refractivity (Wildman–Crippen MR) is 81.0 cm³/mol.